The molecule has 1 aromatic carbocycles. The molecule has 8 nitrogen and oxygen atoms in total. The van der Waals surface area contributed by atoms with Crippen LogP contribution in [0.1, 0.15) is 21.0 Å². The van der Waals surface area contributed by atoms with Gasteiger partial charge in [-0.1, -0.05) is 6.07 Å². The maximum atomic E-state index is 12.2. The summed E-state index contributed by atoms with van der Waals surface area (Å²) in [6, 6.07) is 11.9. The molecule has 1 aromatic heterocycles. The van der Waals surface area contributed by atoms with E-state index in [9.17, 15) is 9.59 Å². The molecule has 2 aromatic rings. The van der Waals surface area contributed by atoms with Crippen LogP contribution < -0.4 is 20.1 Å². The van der Waals surface area contributed by atoms with Gasteiger partial charge in [-0.3, -0.25) is 9.59 Å². The van der Waals surface area contributed by atoms with Crippen LogP contribution in [-0.4, -0.2) is 57.3 Å². The monoisotopic (exact) mass is 373 g/mol. The van der Waals surface area contributed by atoms with E-state index in [-0.39, 0.29) is 23.2 Å². The molecule has 8 heteroatoms. The van der Waals surface area contributed by atoms with E-state index >= 15 is 0 Å². The molecular weight excluding hydrogens is 350 g/mol. The minimum absolute atomic E-state index is 0.166. The van der Waals surface area contributed by atoms with Crippen LogP contribution in [-0.2, 0) is 4.74 Å². The number of rotatable bonds is 10. The standard InChI is InChI=1S/C19H23N3O5/c1-25-12-10-20-18(23)16-4-3-5-17(22-16)19(24)21-11-13-27-15-8-6-14(26-2)7-9-15/h3-9H,10-13H2,1-2H3,(H,20,23)(H,21,24). The Morgan fingerprint density at radius 1 is 0.852 bits per heavy atom. The number of carbonyl (C=O) groups is 2. The number of hydrogen-bond donors (Lipinski definition) is 2. The molecule has 0 saturated heterocycles. The van der Waals surface area contributed by atoms with Crippen molar-refractivity contribution >= 4 is 11.8 Å². The Kier molecular flexibility index (Phi) is 8.05. The minimum Gasteiger partial charge on any atom is -0.497 e. The Hall–Kier alpha value is -3.13. The molecule has 2 rings (SSSR count). The highest BCUT2D eigenvalue weighted by Crippen LogP contribution is 2.16. The van der Waals surface area contributed by atoms with Crippen molar-refractivity contribution in [1.29, 1.82) is 0 Å². The number of hydrogen-bond acceptors (Lipinski definition) is 6. The minimum atomic E-state index is -0.375. The quantitative estimate of drug-likeness (QED) is 0.609. The molecule has 0 aliphatic heterocycles. The van der Waals surface area contributed by atoms with Crippen molar-refractivity contribution in [2.75, 3.05) is 40.5 Å². The van der Waals surface area contributed by atoms with E-state index < -0.39 is 0 Å². The van der Waals surface area contributed by atoms with E-state index in [0.717, 1.165) is 5.75 Å². The Bertz CT molecular complexity index is 749. The summed E-state index contributed by atoms with van der Waals surface area (Å²) in [5, 5.41) is 5.36. The third kappa shape index (κ3) is 6.59. The van der Waals surface area contributed by atoms with Gasteiger partial charge in [0.05, 0.1) is 20.3 Å². The lowest BCUT2D eigenvalue weighted by molar-refractivity contribution is 0.0930. The van der Waals surface area contributed by atoms with E-state index in [2.05, 4.69) is 15.6 Å². The molecule has 0 atom stereocenters. The van der Waals surface area contributed by atoms with E-state index in [1.807, 2.05) is 0 Å². The van der Waals surface area contributed by atoms with E-state index in [0.29, 0.717) is 32.1 Å². The van der Waals surface area contributed by atoms with Crippen LogP contribution in [0.4, 0.5) is 0 Å². The second-order valence-electron chi connectivity index (χ2n) is 5.44. The predicted molar refractivity (Wildman–Crippen MR) is 99.3 cm³/mol. The normalized spacial score (nSPS) is 10.1. The molecule has 0 aliphatic rings. The van der Waals surface area contributed by atoms with Gasteiger partial charge in [0.15, 0.2) is 0 Å². The Morgan fingerprint density at radius 3 is 1.96 bits per heavy atom. The van der Waals surface area contributed by atoms with Gasteiger partial charge in [0.25, 0.3) is 11.8 Å². The molecule has 0 bridgehead atoms. The zero-order chi connectivity index (χ0) is 19.5. The highest BCUT2D eigenvalue weighted by molar-refractivity contribution is 5.96. The van der Waals surface area contributed by atoms with E-state index in [1.165, 1.54) is 0 Å². The number of carbonyl (C=O) groups excluding carboxylic acids is 2. The van der Waals surface area contributed by atoms with Gasteiger partial charge in [-0.05, 0) is 36.4 Å². The van der Waals surface area contributed by atoms with Gasteiger partial charge in [-0.25, -0.2) is 4.98 Å². The molecule has 144 valence electrons. The predicted octanol–water partition coefficient (Wildman–Crippen LogP) is 1.28. The van der Waals surface area contributed by atoms with Crippen LogP contribution >= 0.6 is 0 Å². The fourth-order valence-corrected chi connectivity index (χ4v) is 2.14. The number of benzene rings is 1. The zero-order valence-electron chi connectivity index (χ0n) is 15.4. The number of aromatic nitrogens is 1. The molecule has 2 amide bonds. The van der Waals surface area contributed by atoms with Gasteiger partial charge in [0.2, 0.25) is 0 Å². The third-order valence-electron chi connectivity index (χ3n) is 3.52. The van der Waals surface area contributed by atoms with Gasteiger partial charge in [0, 0.05) is 13.7 Å². The first-order valence-electron chi connectivity index (χ1n) is 8.43. The van der Waals surface area contributed by atoms with Gasteiger partial charge < -0.3 is 24.8 Å². The van der Waals surface area contributed by atoms with Crippen LogP contribution in [0.3, 0.4) is 0 Å². The smallest absolute Gasteiger partial charge is 0.270 e. The zero-order valence-corrected chi connectivity index (χ0v) is 15.4. The molecule has 0 aliphatic carbocycles. The summed E-state index contributed by atoms with van der Waals surface area (Å²) < 4.78 is 15.5. The summed E-state index contributed by atoms with van der Waals surface area (Å²) >= 11 is 0. The van der Waals surface area contributed by atoms with Gasteiger partial charge in [-0.2, -0.15) is 0 Å². The van der Waals surface area contributed by atoms with Crippen molar-refractivity contribution in [3.63, 3.8) is 0 Å². The largest absolute Gasteiger partial charge is 0.497 e. The van der Waals surface area contributed by atoms with Crippen molar-refractivity contribution in [3.05, 3.63) is 53.9 Å². The summed E-state index contributed by atoms with van der Waals surface area (Å²) in [5.41, 5.74) is 0.340. The summed E-state index contributed by atoms with van der Waals surface area (Å²) in [4.78, 5) is 28.2. The van der Waals surface area contributed by atoms with Gasteiger partial charge >= 0.3 is 0 Å². The Labute approximate surface area is 157 Å². The number of pyridine rings is 1. The number of nitrogens with zero attached hydrogens (tertiary/aromatic N) is 1. The summed E-state index contributed by atoms with van der Waals surface area (Å²) in [7, 11) is 3.14. The van der Waals surface area contributed by atoms with E-state index in [1.54, 1.807) is 56.7 Å². The van der Waals surface area contributed by atoms with Crippen LogP contribution in [0.15, 0.2) is 42.5 Å². The molecule has 2 N–H and O–H groups in total. The maximum absolute atomic E-state index is 12.2. The van der Waals surface area contributed by atoms with Crippen LogP contribution in [0.2, 0.25) is 0 Å². The van der Waals surface area contributed by atoms with Crippen molar-refractivity contribution < 1.29 is 23.8 Å². The Morgan fingerprint density at radius 2 is 1.41 bits per heavy atom. The van der Waals surface area contributed by atoms with Gasteiger partial charge in [0.1, 0.15) is 29.5 Å². The Balaban J connectivity index is 1.79. The van der Waals surface area contributed by atoms with Crippen molar-refractivity contribution in [1.82, 2.24) is 15.6 Å². The molecule has 27 heavy (non-hydrogen) atoms. The summed E-state index contributed by atoms with van der Waals surface area (Å²) in [5.74, 6) is 0.690. The number of nitrogens with one attached hydrogen (secondary N) is 2. The molecule has 0 spiro atoms. The maximum Gasteiger partial charge on any atom is 0.270 e. The highest BCUT2D eigenvalue weighted by Gasteiger charge is 2.11. The second-order valence-corrected chi connectivity index (χ2v) is 5.44. The second kappa shape index (κ2) is 10.8. The fraction of sp³-hybridized carbons (Fsp3) is 0.316. The fourth-order valence-electron chi connectivity index (χ4n) is 2.14. The van der Waals surface area contributed by atoms with Crippen molar-refractivity contribution in [3.8, 4) is 11.5 Å². The molecule has 0 radical (unpaired) electrons. The van der Waals surface area contributed by atoms with Crippen molar-refractivity contribution in [2.45, 2.75) is 0 Å². The summed E-state index contributed by atoms with van der Waals surface area (Å²) in [6.07, 6.45) is 0. The SMILES string of the molecule is COCCNC(=O)c1cccc(C(=O)NCCOc2ccc(OC)cc2)n1. The third-order valence-corrected chi connectivity index (χ3v) is 3.52. The molecule has 1 heterocycles. The first-order valence-corrected chi connectivity index (χ1v) is 8.43. The molecular formula is C19H23N3O5. The summed E-state index contributed by atoms with van der Waals surface area (Å²) in [6.45, 7) is 1.38. The average Bonchev–Trinajstić information content (AvgIpc) is 2.71. The molecule has 0 fully saturated rings. The lowest BCUT2D eigenvalue weighted by Gasteiger charge is -2.09. The lowest BCUT2D eigenvalue weighted by Crippen LogP contribution is -2.31. The topological polar surface area (TPSA) is 98.8 Å². The van der Waals surface area contributed by atoms with Crippen LogP contribution in [0, 0.1) is 0 Å². The molecule has 0 saturated carbocycles. The average molecular weight is 373 g/mol. The van der Waals surface area contributed by atoms with Crippen LogP contribution in [0.5, 0.6) is 11.5 Å². The first kappa shape index (κ1) is 20.2. The lowest BCUT2D eigenvalue weighted by atomic mass is 10.2. The number of amides is 2. The number of ether oxygens (including phenoxy) is 3. The highest BCUT2D eigenvalue weighted by atomic mass is 16.5. The number of methoxy groups -OCH3 is 2. The first-order chi connectivity index (χ1) is 13.1. The van der Waals surface area contributed by atoms with Gasteiger partial charge in [-0.15, -0.1) is 0 Å². The van der Waals surface area contributed by atoms with E-state index in [4.69, 9.17) is 14.2 Å². The van der Waals surface area contributed by atoms with Crippen LogP contribution in [0.25, 0.3) is 0 Å². The van der Waals surface area contributed by atoms with Crippen molar-refractivity contribution in [2.24, 2.45) is 0 Å². The molecule has 0 unspecified atom stereocenters.